The van der Waals surface area contributed by atoms with Crippen molar-refractivity contribution >= 4 is 15.9 Å². The van der Waals surface area contributed by atoms with Crippen LogP contribution in [0.5, 0.6) is 5.75 Å². The lowest BCUT2D eigenvalue weighted by Gasteiger charge is -2.27. The number of hydrogen-bond donors (Lipinski definition) is 1. The van der Waals surface area contributed by atoms with Gasteiger partial charge in [0.2, 0.25) is 0 Å². The number of rotatable bonds is 6. The molecule has 0 aromatic heterocycles. The molecule has 1 fully saturated rings. The molecule has 2 rings (SSSR count). The maximum Gasteiger partial charge on any atom is 0.123 e. The lowest BCUT2D eigenvalue weighted by Crippen LogP contribution is -2.45. The molecule has 0 radical (unpaired) electrons. The predicted molar refractivity (Wildman–Crippen MR) is 79.2 cm³/mol. The average molecular weight is 329 g/mol. The SMILES string of the molecule is CCCOc1ccc(Br)cc1CNN1CCOCC1. The van der Waals surface area contributed by atoms with Gasteiger partial charge in [-0.15, -0.1) is 0 Å². The molecule has 0 saturated carbocycles. The van der Waals surface area contributed by atoms with Crippen molar-refractivity contribution in [2.24, 2.45) is 0 Å². The number of hydrazine groups is 1. The Balaban J connectivity index is 1.94. The Hall–Kier alpha value is -0.620. The van der Waals surface area contributed by atoms with Gasteiger partial charge < -0.3 is 9.47 Å². The summed E-state index contributed by atoms with van der Waals surface area (Å²) >= 11 is 3.51. The number of nitrogens with zero attached hydrogens (tertiary/aromatic N) is 1. The molecule has 19 heavy (non-hydrogen) atoms. The van der Waals surface area contributed by atoms with Crippen molar-refractivity contribution in [2.75, 3.05) is 32.9 Å². The highest BCUT2D eigenvalue weighted by atomic mass is 79.9. The zero-order valence-electron chi connectivity index (χ0n) is 11.3. The van der Waals surface area contributed by atoms with Crippen LogP contribution >= 0.6 is 15.9 Å². The number of ether oxygens (including phenoxy) is 2. The van der Waals surface area contributed by atoms with Gasteiger partial charge in [-0.2, -0.15) is 0 Å². The Morgan fingerprint density at radius 2 is 2.16 bits per heavy atom. The fraction of sp³-hybridized carbons (Fsp3) is 0.571. The summed E-state index contributed by atoms with van der Waals surface area (Å²) < 4.78 is 12.2. The van der Waals surface area contributed by atoms with Crippen LogP contribution in [0.2, 0.25) is 0 Å². The van der Waals surface area contributed by atoms with E-state index in [1.165, 1.54) is 5.56 Å². The van der Waals surface area contributed by atoms with Crippen LogP contribution in [0.25, 0.3) is 0 Å². The number of nitrogens with one attached hydrogen (secondary N) is 1. The normalized spacial score (nSPS) is 16.5. The molecule has 106 valence electrons. The molecular weight excluding hydrogens is 308 g/mol. The molecule has 1 aliphatic heterocycles. The van der Waals surface area contributed by atoms with E-state index in [0.717, 1.165) is 56.1 Å². The first-order valence-corrected chi connectivity index (χ1v) is 7.56. The summed E-state index contributed by atoms with van der Waals surface area (Å²) in [6.45, 7) is 7.10. The number of hydrogen-bond acceptors (Lipinski definition) is 4. The van der Waals surface area contributed by atoms with Crippen LogP contribution in [0.3, 0.4) is 0 Å². The Kier molecular flexibility index (Phi) is 6.10. The fourth-order valence-corrected chi connectivity index (χ4v) is 2.37. The van der Waals surface area contributed by atoms with Gasteiger partial charge in [-0.05, 0) is 24.6 Å². The maximum absolute atomic E-state index is 5.78. The molecule has 5 heteroatoms. The molecule has 1 aromatic rings. The van der Waals surface area contributed by atoms with Crippen LogP contribution in [0.4, 0.5) is 0 Å². The second kappa shape index (κ2) is 7.85. The minimum atomic E-state index is 0.756. The van der Waals surface area contributed by atoms with Gasteiger partial charge >= 0.3 is 0 Å². The fourth-order valence-electron chi connectivity index (χ4n) is 1.96. The van der Waals surface area contributed by atoms with Crippen molar-refractivity contribution in [3.05, 3.63) is 28.2 Å². The smallest absolute Gasteiger partial charge is 0.123 e. The minimum absolute atomic E-state index is 0.756. The Morgan fingerprint density at radius 1 is 1.37 bits per heavy atom. The van der Waals surface area contributed by atoms with Crippen LogP contribution in [0.1, 0.15) is 18.9 Å². The third kappa shape index (κ3) is 4.76. The second-order valence-corrected chi connectivity index (χ2v) is 5.45. The lowest BCUT2D eigenvalue weighted by molar-refractivity contribution is 0.0104. The molecule has 1 N–H and O–H groups in total. The van der Waals surface area contributed by atoms with E-state index < -0.39 is 0 Å². The summed E-state index contributed by atoms with van der Waals surface area (Å²) in [5.41, 5.74) is 4.61. The van der Waals surface area contributed by atoms with Crippen molar-refractivity contribution < 1.29 is 9.47 Å². The van der Waals surface area contributed by atoms with Crippen LogP contribution in [-0.2, 0) is 11.3 Å². The first-order chi connectivity index (χ1) is 9.29. The van der Waals surface area contributed by atoms with Gasteiger partial charge in [-0.1, -0.05) is 22.9 Å². The number of morpholine rings is 1. The highest BCUT2D eigenvalue weighted by Gasteiger charge is 2.11. The molecule has 1 aromatic carbocycles. The molecule has 1 heterocycles. The van der Waals surface area contributed by atoms with E-state index in [1.807, 2.05) is 12.1 Å². The zero-order chi connectivity index (χ0) is 13.5. The van der Waals surface area contributed by atoms with Crippen LogP contribution in [0.15, 0.2) is 22.7 Å². The summed E-state index contributed by atoms with van der Waals surface area (Å²) in [7, 11) is 0. The molecule has 0 atom stereocenters. The van der Waals surface area contributed by atoms with E-state index in [-0.39, 0.29) is 0 Å². The maximum atomic E-state index is 5.78. The standard InChI is InChI=1S/C14H21BrN2O2/c1-2-7-19-14-4-3-13(15)10-12(14)11-16-17-5-8-18-9-6-17/h3-4,10,16H,2,5-9,11H2,1H3. The van der Waals surface area contributed by atoms with E-state index in [9.17, 15) is 0 Å². The molecule has 0 bridgehead atoms. The van der Waals surface area contributed by atoms with Gasteiger partial charge in [0.05, 0.1) is 19.8 Å². The largest absolute Gasteiger partial charge is 0.493 e. The highest BCUT2D eigenvalue weighted by molar-refractivity contribution is 9.10. The lowest BCUT2D eigenvalue weighted by atomic mass is 10.2. The molecule has 1 aliphatic rings. The van der Waals surface area contributed by atoms with Crippen molar-refractivity contribution in [3.63, 3.8) is 0 Å². The van der Waals surface area contributed by atoms with Gasteiger partial charge in [0.15, 0.2) is 0 Å². The predicted octanol–water partition coefficient (Wildman–Crippen LogP) is 2.57. The first-order valence-electron chi connectivity index (χ1n) is 6.77. The van der Waals surface area contributed by atoms with Crippen molar-refractivity contribution in [3.8, 4) is 5.75 Å². The van der Waals surface area contributed by atoms with Crippen molar-refractivity contribution in [1.82, 2.24) is 10.4 Å². The third-order valence-corrected chi connectivity index (χ3v) is 3.48. The van der Waals surface area contributed by atoms with Gasteiger partial charge in [-0.3, -0.25) is 5.43 Å². The Labute approximate surface area is 123 Å². The summed E-state index contributed by atoms with van der Waals surface area (Å²) in [4.78, 5) is 0. The van der Waals surface area contributed by atoms with Crippen LogP contribution in [-0.4, -0.2) is 37.9 Å². The van der Waals surface area contributed by atoms with Gasteiger partial charge in [-0.25, -0.2) is 5.01 Å². The highest BCUT2D eigenvalue weighted by Crippen LogP contribution is 2.23. The van der Waals surface area contributed by atoms with E-state index in [2.05, 4.69) is 39.4 Å². The first kappa shape index (κ1) is 14.8. The van der Waals surface area contributed by atoms with E-state index in [4.69, 9.17) is 9.47 Å². The molecule has 0 unspecified atom stereocenters. The number of halogens is 1. The van der Waals surface area contributed by atoms with Gasteiger partial charge in [0, 0.05) is 29.7 Å². The van der Waals surface area contributed by atoms with Crippen LogP contribution < -0.4 is 10.2 Å². The van der Waals surface area contributed by atoms with Gasteiger partial charge in [0.1, 0.15) is 5.75 Å². The summed E-state index contributed by atoms with van der Waals surface area (Å²) in [5.74, 6) is 0.964. The van der Waals surface area contributed by atoms with Crippen molar-refractivity contribution in [1.29, 1.82) is 0 Å². The minimum Gasteiger partial charge on any atom is -0.493 e. The molecule has 0 amide bonds. The van der Waals surface area contributed by atoms with Crippen molar-refractivity contribution in [2.45, 2.75) is 19.9 Å². The quantitative estimate of drug-likeness (QED) is 0.870. The third-order valence-electron chi connectivity index (χ3n) is 2.99. The monoisotopic (exact) mass is 328 g/mol. The van der Waals surface area contributed by atoms with Gasteiger partial charge in [0.25, 0.3) is 0 Å². The topological polar surface area (TPSA) is 33.7 Å². The number of benzene rings is 1. The molecule has 1 saturated heterocycles. The Bertz CT molecular complexity index is 395. The molecule has 4 nitrogen and oxygen atoms in total. The van der Waals surface area contributed by atoms with E-state index in [0.29, 0.717) is 0 Å². The molecular formula is C14H21BrN2O2. The molecule has 0 aliphatic carbocycles. The van der Waals surface area contributed by atoms with E-state index >= 15 is 0 Å². The molecule has 0 spiro atoms. The van der Waals surface area contributed by atoms with E-state index in [1.54, 1.807) is 0 Å². The summed E-state index contributed by atoms with van der Waals surface area (Å²) in [6.07, 6.45) is 1.02. The van der Waals surface area contributed by atoms with Crippen LogP contribution in [0, 0.1) is 0 Å². The summed E-state index contributed by atoms with van der Waals surface area (Å²) in [6, 6.07) is 6.15. The average Bonchev–Trinajstić information content (AvgIpc) is 2.45. The Morgan fingerprint density at radius 3 is 2.89 bits per heavy atom. The zero-order valence-corrected chi connectivity index (χ0v) is 12.9. The second-order valence-electron chi connectivity index (χ2n) is 4.53. The summed E-state index contributed by atoms with van der Waals surface area (Å²) in [5, 5.41) is 2.20.